The number of rotatable bonds is 4. The van der Waals surface area contributed by atoms with E-state index in [1.807, 2.05) is 0 Å². The molecule has 5 nitrogen and oxygen atoms in total. The highest BCUT2D eigenvalue weighted by Crippen LogP contribution is 2.15. The van der Waals surface area contributed by atoms with Gasteiger partial charge in [0.25, 0.3) is 0 Å². The molecule has 0 unspecified atom stereocenters. The predicted molar refractivity (Wildman–Crippen MR) is 74.1 cm³/mol. The van der Waals surface area contributed by atoms with Crippen molar-refractivity contribution in [3.05, 3.63) is 52.8 Å². The summed E-state index contributed by atoms with van der Waals surface area (Å²) in [6, 6.07) is 7.79. The minimum atomic E-state index is -3.60. The Morgan fingerprint density at radius 2 is 1.89 bits per heavy atom. The van der Waals surface area contributed by atoms with Crippen LogP contribution in [0, 0.1) is 0 Å². The zero-order chi connectivity index (χ0) is 13.9. The summed E-state index contributed by atoms with van der Waals surface area (Å²) in [4.78, 5) is 3.92. The lowest BCUT2D eigenvalue weighted by molar-refractivity contribution is 0.475. The molecule has 1 aromatic carbocycles. The van der Waals surface area contributed by atoms with E-state index < -0.39 is 10.0 Å². The van der Waals surface area contributed by atoms with Crippen molar-refractivity contribution in [1.29, 1.82) is 0 Å². The molecule has 0 aliphatic carbocycles. The summed E-state index contributed by atoms with van der Waals surface area (Å²) in [6.07, 6.45) is 2.79. The Morgan fingerprint density at radius 3 is 2.53 bits per heavy atom. The molecular formula is C12H11BrN2O3S. The average Bonchev–Trinajstić information content (AvgIpc) is 2.38. The van der Waals surface area contributed by atoms with Crippen molar-refractivity contribution < 1.29 is 13.5 Å². The van der Waals surface area contributed by atoms with E-state index in [0.717, 1.165) is 5.56 Å². The van der Waals surface area contributed by atoms with Gasteiger partial charge in [-0.05, 0) is 39.7 Å². The van der Waals surface area contributed by atoms with Crippen molar-refractivity contribution in [1.82, 2.24) is 9.71 Å². The molecule has 1 aromatic heterocycles. The smallest absolute Gasteiger partial charge is 0.242 e. The molecule has 0 aliphatic rings. The van der Waals surface area contributed by atoms with Gasteiger partial charge in [-0.3, -0.25) is 4.98 Å². The van der Waals surface area contributed by atoms with Crippen LogP contribution in [0.4, 0.5) is 0 Å². The van der Waals surface area contributed by atoms with Crippen LogP contribution in [0.5, 0.6) is 5.75 Å². The summed E-state index contributed by atoms with van der Waals surface area (Å²) in [7, 11) is -3.60. The third-order valence-electron chi connectivity index (χ3n) is 2.39. The molecule has 0 amide bonds. The topological polar surface area (TPSA) is 79.3 Å². The molecule has 0 aliphatic heterocycles. The number of halogens is 1. The van der Waals surface area contributed by atoms with Crippen molar-refractivity contribution in [2.75, 3.05) is 0 Å². The molecule has 0 saturated heterocycles. The minimum Gasteiger partial charge on any atom is -0.508 e. The van der Waals surface area contributed by atoms with E-state index in [0.29, 0.717) is 4.47 Å². The van der Waals surface area contributed by atoms with E-state index in [4.69, 9.17) is 5.11 Å². The SMILES string of the molecule is O=S(=O)(NCc1ccc(O)cc1)c1cncc(Br)c1. The number of phenolic OH excluding ortho intramolecular Hbond substituents is 1. The number of benzene rings is 1. The number of sulfonamides is 1. The van der Waals surface area contributed by atoms with Crippen LogP contribution in [0.2, 0.25) is 0 Å². The Balaban J connectivity index is 2.12. The van der Waals surface area contributed by atoms with Crippen LogP contribution in [0.15, 0.2) is 52.1 Å². The summed E-state index contributed by atoms with van der Waals surface area (Å²) >= 11 is 3.18. The van der Waals surface area contributed by atoms with Gasteiger partial charge >= 0.3 is 0 Å². The fourth-order valence-electron chi connectivity index (χ4n) is 1.41. The van der Waals surface area contributed by atoms with Gasteiger partial charge in [0.1, 0.15) is 10.6 Å². The summed E-state index contributed by atoms with van der Waals surface area (Å²) in [5.41, 5.74) is 0.754. The molecule has 0 spiro atoms. The molecular weight excluding hydrogens is 332 g/mol. The molecule has 100 valence electrons. The molecule has 0 saturated carbocycles. The van der Waals surface area contributed by atoms with Gasteiger partial charge in [-0.2, -0.15) is 0 Å². The van der Waals surface area contributed by atoms with Crippen LogP contribution in [0.1, 0.15) is 5.56 Å². The number of pyridine rings is 1. The number of nitrogens with one attached hydrogen (secondary N) is 1. The number of aromatic nitrogens is 1. The van der Waals surface area contributed by atoms with E-state index in [1.54, 1.807) is 12.1 Å². The molecule has 2 N–H and O–H groups in total. The zero-order valence-electron chi connectivity index (χ0n) is 9.75. The molecule has 0 fully saturated rings. The Kier molecular flexibility index (Phi) is 4.18. The molecule has 0 radical (unpaired) electrons. The lowest BCUT2D eigenvalue weighted by atomic mass is 10.2. The number of phenols is 1. The highest BCUT2D eigenvalue weighted by atomic mass is 79.9. The van der Waals surface area contributed by atoms with Gasteiger partial charge in [-0.25, -0.2) is 13.1 Å². The molecule has 0 bridgehead atoms. The highest BCUT2D eigenvalue weighted by Gasteiger charge is 2.14. The van der Waals surface area contributed by atoms with Gasteiger partial charge in [0.15, 0.2) is 0 Å². The maximum Gasteiger partial charge on any atom is 0.242 e. The van der Waals surface area contributed by atoms with Crippen LogP contribution in [0.25, 0.3) is 0 Å². The maximum absolute atomic E-state index is 12.0. The van der Waals surface area contributed by atoms with Crippen molar-refractivity contribution in [3.63, 3.8) is 0 Å². The Morgan fingerprint density at radius 1 is 1.21 bits per heavy atom. The Bertz CT molecular complexity index is 672. The normalized spacial score (nSPS) is 11.4. The van der Waals surface area contributed by atoms with Gasteiger partial charge < -0.3 is 5.11 Å². The summed E-state index contributed by atoms with van der Waals surface area (Å²) < 4.78 is 27.1. The molecule has 1 heterocycles. The van der Waals surface area contributed by atoms with Crippen LogP contribution >= 0.6 is 15.9 Å². The zero-order valence-corrected chi connectivity index (χ0v) is 12.1. The third kappa shape index (κ3) is 3.76. The quantitative estimate of drug-likeness (QED) is 0.890. The Labute approximate surface area is 119 Å². The second-order valence-corrected chi connectivity index (χ2v) is 6.51. The molecule has 0 atom stereocenters. The first kappa shape index (κ1) is 14.0. The average molecular weight is 343 g/mol. The fourth-order valence-corrected chi connectivity index (χ4v) is 2.94. The molecule has 19 heavy (non-hydrogen) atoms. The molecule has 7 heteroatoms. The van der Waals surface area contributed by atoms with Crippen molar-refractivity contribution in [2.24, 2.45) is 0 Å². The van der Waals surface area contributed by atoms with Gasteiger partial charge in [0.05, 0.1) is 0 Å². The van der Waals surface area contributed by atoms with E-state index in [-0.39, 0.29) is 17.2 Å². The van der Waals surface area contributed by atoms with Crippen molar-refractivity contribution in [3.8, 4) is 5.75 Å². The summed E-state index contributed by atoms with van der Waals surface area (Å²) in [5, 5.41) is 9.14. The Hall–Kier alpha value is -1.44. The van der Waals surface area contributed by atoms with Gasteiger partial charge in [-0.1, -0.05) is 12.1 Å². The molecule has 2 rings (SSSR count). The van der Waals surface area contributed by atoms with Crippen molar-refractivity contribution >= 4 is 26.0 Å². The lowest BCUT2D eigenvalue weighted by Crippen LogP contribution is -2.23. The lowest BCUT2D eigenvalue weighted by Gasteiger charge is -2.07. The van der Waals surface area contributed by atoms with E-state index >= 15 is 0 Å². The highest BCUT2D eigenvalue weighted by molar-refractivity contribution is 9.10. The monoisotopic (exact) mass is 342 g/mol. The van der Waals surface area contributed by atoms with Crippen LogP contribution < -0.4 is 4.72 Å². The number of hydrogen-bond donors (Lipinski definition) is 2. The first-order valence-electron chi connectivity index (χ1n) is 5.35. The van der Waals surface area contributed by atoms with Crippen LogP contribution in [-0.2, 0) is 16.6 Å². The number of aromatic hydroxyl groups is 1. The predicted octanol–water partition coefficient (Wildman–Crippen LogP) is 2.03. The minimum absolute atomic E-state index is 0.0978. The summed E-state index contributed by atoms with van der Waals surface area (Å²) in [5.74, 6) is 0.141. The third-order valence-corrected chi connectivity index (χ3v) is 4.19. The first-order chi connectivity index (χ1) is 8.97. The summed E-state index contributed by atoms with van der Waals surface area (Å²) in [6.45, 7) is 0.148. The standard InChI is InChI=1S/C12H11BrN2O3S/c13-10-5-12(8-14-7-10)19(17,18)15-6-9-1-3-11(16)4-2-9/h1-5,7-8,15-16H,6H2. The first-order valence-corrected chi connectivity index (χ1v) is 7.63. The fraction of sp³-hybridized carbons (Fsp3) is 0.0833. The van der Waals surface area contributed by atoms with Crippen molar-refractivity contribution in [2.45, 2.75) is 11.4 Å². The van der Waals surface area contributed by atoms with E-state index in [9.17, 15) is 8.42 Å². The van der Waals surface area contributed by atoms with Gasteiger partial charge in [-0.15, -0.1) is 0 Å². The number of nitrogens with zero attached hydrogens (tertiary/aromatic N) is 1. The largest absolute Gasteiger partial charge is 0.508 e. The number of hydrogen-bond acceptors (Lipinski definition) is 4. The second-order valence-electron chi connectivity index (χ2n) is 3.83. The van der Waals surface area contributed by atoms with E-state index in [2.05, 4.69) is 25.6 Å². The van der Waals surface area contributed by atoms with Crippen LogP contribution in [-0.4, -0.2) is 18.5 Å². The molecule has 2 aromatic rings. The van der Waals surface area contributed by atoms with Gasteiger partial charge in [0.2, 0.25) is 10.0 Å². The second kappa shape index (κ2) is 5.68. The van der Waals surface area contributed by atoms with Gasteiger partial charge in [0, 0.05) is 23.4 Å². The van der Waals surface area contributed by atoms with E-state index in [1.165, 1.54) is 30.6 Å². The van der Waals surface area contributed by atoms with Crippen LogP contribution in [0.3, 0.4) is 0 Å². The maximum atomic E-state index is 12.0.